The molecule has 4 rings (SSSR count). The van der Waals surface area contributed by atoms with Gasteiger partial charge in [0.05, 0.1) is 6.04 Å². The highest BCUT2D eigenvalue weighted by atomic mass is 32.1. The molecule has 1 aromatic heterocycles. The molecular weight excluding hydrogens is 328 g/mol. The van der Waals surface area contributed by atoms with E-state index in [-0.39, 0.29) is 12.1 Å². The molecule has 3 nitrogen and oxygen atoms in total. The minimum absolute atomic E-state index is 0.130. The predicted octanol–water partition coefficient (Wildman–Crippen LogP) is 5.15. The monoisotopic (exact) mass is 348 g/mol. The molecule has 25 heavy (non-hydrogen) atoms. The fourth-order valence-electron chi connectivity index (χ4n) is 3.37. The first-order chi connectivity index (χ1) is 12.3. The van der Waals surface area contributed by atoms with Gasteiger partial charge in [0.2, 0.25) is 0 Å². The largest absolute Gasteiger partial charge is 0.326 e. The van der Waals surface area contributed by atoms with E-state index in [9.17, 15) is 4.79 Å². The standard InChI is InChI=1S/C21H20N2OS/c24-21(22-18-8-2-1-3-9-18)23-20(19-10-5-13-25-19)17-12-11-15-6-4-7-16(15)14-17/h1-3,5,8-14,20H,4,6-7H2,(H2,22,23,24)/t20-/m0/s1. The summed E-state index contributed by atoms with van der Waals surface area (Å²) in [7, 11) is 0. The second-order valence-electron chi connectivity index (χ2n) is 6.29. The molecule has 2 N–H and O–H groups in total. The molecule has 0 bridgehead atoms. The Hall–Kier alpha value is -2.59. The van der Waals surface area contributed by atoms with Gasteiger partial charge in [-0.25, -0.2) is 4.79 Å². The van der Waals surface area contributed by atoms with Crippen molar-refractivity contribution in [1.82, 2.24) is 5.32 Å². The number of carbonyl (C=O) groups is 1. The fraction of sp³-hybridized carbons (Fsp3) is 0.190. The summed E-state index contributed by atoms with van der Waals surface area (Å²) in [4.78, 5) is 13.6. The van der Waals surface area contributed by atoms with E-state index in [1.807, 2.05) is 41.8 Å². The van der Waals surface area contributed by atoms with Crippen molar-refractivity contribution in [3.8, 4) is 0 Å². The molecule has 1 heterocycles. The summed E-state index contributed by atoms with van der Waals surface area (Å²) in [5.41, 5.74) is 4.80. The van der Waals surface area contributed by atoms with E-state index < -0.39 is 0 Å². The van der Waals surface area contributed by atoms with E-state index in [1.54, 1.807) is 11.3 Å². The van der Waals surface area contributed by atoms with Crippen LogP contribution < -0.4 is 10.6 Å². The van der Waals surface area contributed by atoms with Crippen molar-refractivity contribution in [3.63, 3.8) is 0 Å². The molecule has 3 aromatic rings. The van der Waals surface area contributed by atoms with Crippen LogP contribution in [0.3, 0.4) is 0 Å². The molecule has 0 fully saturated rings. The molecule has 0 radical (unpaired) electrons. The summed E-state index contributed by atoms with van der Waals surface area (Å²) >= 11 is 1.66. The quantitative estimate of drug-likeness (QED) is 0.673. The number of anilines is 1. The van der Waals surface area contributed by atoms with Gasteiger partial charge in [-0.05, 0) is 59.5 Å². The average Bonchev–Trinajstić information content (AvgIpc) is 3.31. The summed E-state index contributed by atoms with van der Waals surface area (Å²) < 4.78 is 0. The number of aryl methyl sites for hydroxylation is 2. The number of benzene rings is 2. The maximum absolute atomic E-state index is 12.5. The number of hydrogen-bond donors (Lipinski definition) is 2. The van der Waals surface area contributed by atoms with Crippen molar-refractivity contribution in [2.24, 2.45) is 0 Å². The second-order valence-corrected chi connectivity index (χ2v) is 7.27. The highest BCUT2D eigenvalue weighted by Gasteiger charge is 2.20. The Labute approximate surface area is 151 Å². The fourth-order valence-corrected chi connectivity index (χ4v) is 4.17. The SMILES string of the molecule is O=C(Nc1ccccc1)N[C@@H](c1ccc2c(c1)CCC2)c1cccs1. The van der Waals surface area contributed by atoms with Crippen molar-refractivity contribution in [1.29, 1.82) is 0 Å². The third kappa shape index (κ3) is 3.59. The molecular formula is C21H20N2OS. The molecule has 0 saturated carbocycles. The third-order valence-electron chi connectivity index (χ3n) is 4.59. The number of nitrogens with one attached hydrogen (secondary N) is 2. The lowest BCUT2D eigenvalue weighted by Gasteiger charge is -2.19. The molecule has 0 spiro atoms. The molecule has 1 aliphatic rings. The van der Waals surface area contributed by atoms with E-state index in [2.05, 4.69) is 34.9 Å². The molecule has 0 aliphatic heterocycles. The molecule has 0 saturated heterocycles. The maximum atomic E-state index is 12.5. The third-order valence-corrected chi connectivity index (χ3v) is 5.53. The lowest BCUT2D eigenvalue weighted by molar-refractivity contribution is 0.250. The van der Waals surface area contributed by atoms with Crippen molar-refractivity contribution in [2.45, 2.75) is 25.3 Å². The normalized spacial score (nSPS) is 13.9. The van der Waals surface area contributed by atoms with Crippen LogP contribution in [-0.2, 0) is 12.8 Å². The van der Waals surface area contributed by atoms with Gasteiger partial charge in [0.1, 0.15) is 0 Å². The predicted molar refractivity (Wildman–Crippen MR) is 103 cm³/mol. The Bertz CT molecular complexity index is 859. The molecule has 126 valence electrons. The zero-order valence-electron chi connectivity index (χ0n) is 13.9. The topological polar surface area (TPSA) is 41.1 Å². The van der Waals surface area contributed by atoms with Crippen LogP contribution in [0.1, 0.15) is 34.0 Å². The highest BCUT2D eigenvalue weighted by Crippen LogP contribution is 2.30. The van der Waals surface area contributed by atoms with E-state index >= 15 is 0 Å². The Kier molecular flexibility index (Phi) is 4.53. The van der Waals surface area contributed by atoms with E-state index in [0.29, 0.717) is 0 Å². The highest BCUT2D eigenvalue weighted by molar-refractivity contribution is 7.10. The number of carbonyl (C=O) groups excluding carboxylic acids is 1. The zero-order valence-corrected chi connectivity index (χ0v) is 14.7. The Morgan fingerprint density at radius 3 is 2.60 bits per heavy atom. The Morgan fingerprint density at radius 2 is 1.80 bits per heavy atom. The lowest BCUT2D eigenvalue weighted by atomic mass is 10.00. The first kappa shape index (κ1) is 15.9. The van der Waals surface area contributed by atoms with Gasteiger partial charge >= 0.3 is 6.03 Å². The molecule has 1 atom stereocenters. The van der Waals surface area contributed by atoms with Gasteiger partial charge in [0.25, 0.3) is 0 Å². The Morgan fingerprint density at radius 1 is 0.960 bits per heavy atom. The lowest BCUT2D eigenvalue weighted by Crippen LogP contribution is -2.32. The van der Waals surface area contributed by atoms with Gasteiger partial charge in [0.15, 0.2) is 0 Å². The first-order valence-electron chi connectivity index (χ1n) is 8.57. The van der Waals surface area contributed by atoms with Crippen molar-refractivity contribution in [2.75, 3.05) is 5.32 Å². The van der Waals surface area contributed by atoms with E-state index in [1.165, 1.54) is 24.0 Å². The van der Waals surface area contributed by atoms with Gasteiger partial charge in [-0.3, -0.25) is 0 Å². The molecule has 1 aliphatic carbocycles. The van der Waals surface area contributed by atoms with Crippen LogP contribution in [0.5, 0.6) is 0 Å². The number of rotatable bonds is 4. The van der Waals surface area contributed by atoms with Crippen molar-refractivity contribution < 1.29 is 4.79 Å². The number of para-hydroxylation sites is 1. The van der Waals surface area contributed by atoms with Crippen molar-refractivity contribution in [3.05, 3.63) is 87.6 Å². The minimum Gasteiger partial charge on any atom is -0.326 e. The van der Waals surface area contributed by atoms with E-state index in [0.717, 1.165) is 22.5 Å². The average molecular weight is 348 g/mol. The van der Waals surface area contributed by atoms with Crippen LogP contribution in [0.2, 0.25) is 0 Å². The van der Waals surface area contributed by atoms with Crippen LogP contribution >= 0.6 is 11.3 Å². The van der Waals surface area contributed by atoms with Crippen LogP contribution in [0.15, 0.2) is 66.0 Å². The molecule has 4 heteroatoms. The molecule has 2 aromatic carbocycles. The number of amides is 2. The number of urea groups is 1. The first-order valence-corrected chi connectivity index (χ1v) is 9.45. The smallest absolute Gasteiger partial charge is 0.320 e. The zero-order chi connectivity index (χ0) is 17.1. The molecule has 2 amide bonds. The number of hydrogen-bond acceptors (Lipinski definition) is 2. The van der Waals surface area contributed by atoms with Crippen LogP contribution in [0.4, 0.5) is 10.5 Å². The van der Waals surface area contributed by atoms with Crippen LogP contribution in [0, 0.1) is 0 Å². The van der Waals surface area contributed by atoms with Gasteiger partial charge in [-0.1, -0.05) is 42.5 Å². The maximum Gasteiger partial charge on any atom is 0.320 e. The molecule has 0 unspecified atom stereocenters. The number of fused-ring (bicyclic) bond motifs is 1. The minimum atomic E-state index is -0.190. The summed E-state index contributed by atoms with van der Waals surface area (Å²) in [5.74, 6) is 0. The van der Waals surface area contributed by atoms with Gasteiger partial charge in [0, 0.05) is 10.6 Å². The summed E-state index contributed by atoms with van der Waals surface area (Å²) in [6.07, 6.45) is 3.53. The number of thiophene rings is 1. The second kappa shape index (κ2) is 7.11. The van der Waals surface area contributed by atoms with Gasteiger partial charge in [-0.15, -0.1) is 11.3 Å². The summed E-state index contributed by atoms with van der Waals surface area (Å²) in [5, 5.41) is 8.09. The van der Waals surface area contributed by atoms with Crippen LogP contribution in [-0.4, -0.2) is 6.03 Å². The summed E-state index contributed by atoms with van der Waals surface area (Å²) in [6.45, 7) is 0. The summed E-state index contributed by atoms with van der Waals surface area (Å²) in [6, 6.07) is 19.9. The van der Waals surface area contributed by atoms with Crippen molar-refractivity contribution >= 4 is 23.1 Å². The Balaban J connectivity index is 1.58. The van der Waals surface area contributed by atoms with Gasteiger partial charge in [-0.2, -0.15) is 0 Å². The van der Waals surface area contributed by atoms with Crippen LogP contribution in [0.25, 0.3) is 0 Å². The van der Waals surface area contributed by atoms with Gasteiger partial charge < -0.3 is 10.6 Å². The van der Waals surface area contributed by atoms with E-state index in [4.69, 9.17) is 0 Å².